The van der Waals surface area contributed by atoms with Crippen molar-refractivity contribution < 1.29 is 19.4 Å². The van der Waals surface area contributed by atoms with Gasteiger partial charge < -0.3 is 9.84 Å². The number of carboxylic acid groups (broad SMARTS) is 1. The van der Waals surface area contributed by atoms with E-state index in [1.807, 2.05) is 20.8 Å². The van der Waals surface area contributed by atoms with Gasteiger partial charge in [0.1, 0.15) is 11.2 Å². The molecule has 1 aliphatic rings. The first-order chi connectivity index (χ1) is 8.85. The number of carbonyl (C=O) groups is 2. The summed E-state index contributed by atoms with van der Waals surface area (Å²) in [6.07, 6.45) is 0.871. The van der Waals surface area contributed by atoms with E-state index in [9.17, 15) is 14.7 Å². The van der Waals surface area contributed by atoms with Gasteiger partial charge in [-0.25, -0.2) is 0 Å². The predicted octanol–water partition coefficient (Wildman–Crippen LogP) is 2.67. The average Bonchev–Trinajstić information content (AvgIpc) is 3.15. The highest BCUT2D eigenvalue weighted by atomic mass is 16.5. The van der Waals surface area contributed by atoms with Crippen LogP contribution in [-0.4, -0.2) is 24.0 Å². The molecule has 0 bridgehead atoms. The second-order valence-electron chi connectivity index (χ2n) is 5.24. The molecule has 1 aromatic rings. The van der Waals surface area contributed by atoms with Crippen LogP contribution in [-0.2, 0) is 4.79 Å². The largest absolute Gasteiger partial charge is 0.496 e. The highest BCUT2D eigenvalue weighted by molar-refractivity contribution is 6.15. The zero-order chi connectivity index (χ0) is 14.4. The monoisotopic (exact) mass is 262 g/mol. The van der Waals surface area contributed by atoms with Crippen LogP contribution in [0.4, 0.5) is 0 Å². The van der Waals surface area contributed by atoms with Crippen LogP contribution in [0.3, 0.4) is 0 Å². The summed E-state index contributed by atoms with van der Waals surface area (Å²) in [7, 11) is 1.59. The Morgan fingerprint density at radius 3 is 2.21 bits per heavy atom. The summed E-state index contributed by atoms with van der Waals surface area (Å²) in [5.74, 6) is -0.544. The summed E-state index contributed by atoms with van der Waals surface area (Å²) in [6.45, 7) is 5.54. The average molecular weight is 262 g/mol. The molecule has 1 aromatic carbocycles. The van der Waals surface area contributed by atoms with Crippen molar-refractivity contribution in [3.8, 4) is 5.75 Å². The first kappa shape index (κ1) is 13.6. The van der Waals surface area contributed by atoms with E-state index in [0.717, 1.165) is 22.4 Å². The van der Waals surface area contributed by atoms with Crippen molar-refractivity contribution in [3.63, 3.8) is 0 Å². The minimum absolute atomic E-state index is 0.263. The Kier molecular flexibility index (Phi) is 3.12. The molecule has 4 nitrogen and oxygen atoms in total. The van der Waals surface area contributed by atoms with Gasteiger partial charge in [0.15, 0.2) is 5.78 Å². The molecule has 0 heterocycles. The molecule has 0 aliphatic heterocycles. The van der Waals surface area contributed by atoms with E-state index in [-0.39, 0.29) is 5.78 Å². The molecule has 1 aliphatic carbocycles. The Hall–Kier alpha value is -1.84. The molecule has 0 spiro atoms. The second-order valence-corrected chi connectivity index (χ2v) is 5.24. The van der Waals surface area contributed by atoms with E-state index in [2.05, 4.69) is 0 Å². The molecule has 19 heavy (non-hydrogen) atoms. The van der Waals surface area contributed by atoms with Crippen molar-refractivity contribution in [2.24, 2.45) is 5.41 Å². The molecule has 1 fully saturated rings. The van der Waals surface area contributed by atoms with Crippen LogP contribution in [0.2, 0.25) is 0 Å². The summed E-state index contributed by atoms with van der Waals surface area (Å²) in [6, 6.07) is 1.80. The first-order valence-electron chi connectivity index (χ1n) is 6.28. The highest BCUT2D eigenvalue weighted by Gasteiger charge is 2.57. The molecular weight excluding hydrogens is 244 g/mol. The number of aliphatic carboxylic acids is 1. The lowest BCUT2D eigenvalue weighted by atomic mass is 9.87. The number of carbonyl (C=O) groups excluding carboxylic acids is 1. The molecule has 0 amide bonds. The van der Waals surface area contributed by atoms with Gasteiger partial charge in [-0.2, -0.15) is 0 Å². The molecule has 0 aromatic heterocycles. The third-order valence-corrected chi connectivity index (χ3v) is 4.09. The van der Waals surface area contributed by atoms with Gasteiger partial charge >= 0.3 is 5.97 Å². The lowest BCUT2D eigenvalue weighted by Crippen LogP contribution is -2.27. The molecule has 0 atom stereocenters. The Bertz CT molecular complexity index is 568. The van der Waals surface area contributed by atoms with Crippen molar-refractivity contribution in [1.82, 2.24) is 0 Å². The number of aryl methyl sites for hydroxylation is 1. The van der Waals surface area contributed by atoms with Crippen LogP contribution in [0.25, 0.3) is 0 Å². The van der Waals surface area contributed by atoms with Gasteiger partial charge in [0.25, 0.3) is 0 Å². The molecule has 4 heteroatoms. The topological polar surface area (TPSA) is 63.6 Å². The maximum atomic E-state index is 12.5. The molecule has 1 saturated carbocycles. The van der Waals surface area contributed by atoms with Crippen LogP contribution in [0.5, 0.6) is 5.75 Å². The van der Waals surface area contributed by atoms with E-state index in [0.29, 0.717) is 18.4 Å². The maximum absolute atomic E-state index is 12.5. The van der Waals surface area contributed by atoms with E-state index in [4.69, 9.17) is 4.74 Å². The number of carboxylic acids is 1. The number of benzene rings is 1. The Morgan fingerprint density at radius 2 is 1.79 bits per heavy atom. The first-order valence-corrected chi connectivity index (χ1v) is 6.28. The van der Waals surface area contributed by atoms with Gasteiger partial charge in [0.05, 0.1) is 7.11 Å². The van der Waals surface area contributed by atoms with Crippen molar-refractivity contribution in [2.45, 2.75) is 33.6 Å². The minimum atomic E-state index is -1.18. The number of rotatable bonds is 4. The number of ether oxygens (including phenoxy) is 1. The van der Waals surface area contributed by atoms with Crippen LogP contribution in [0, 0.1) is 26.2 Å². The van der Waals surface area contributed by atoms with Crippen LogP contribution >= 0.6 is 0 Å². The van der Waals surface area contributed by atoms with Gasteiger partial charge in [-0.3, -0.25) is 9.59 Å². The van der Waals surface area contributed by atoms with Gasteiger partial charge in [0.2, 0.25) is 0 Å². The Morgan fingerprint density at radius 1 is 1.21 bits per heavy atom. The molecular formula is C15H18O4. The van der Waals surface area contributed by atoms with Crippen molar-refractivity contribution in [2.75, 3.05) is 7.11 Å². The van der Waals surface area contributed by atoms with E-state index >= 15 is 0 Å². The van der Waals surface area contributed by atoms with Crippen molar-refractivity contribution >= 4 is 11.8 Å². The van der Waals surface area contributed by atoms with E-state index in [1.54, 1.807) is 13.2 Å². The van der Waals surface area contributed by atoms with Gasteiger partial charge in [-0.1, -0.05) is 0 Å². The molecule has 102 valence electrons. The summed E-state index contributed by atoms with van der Waals surface area (Å²) in [5.41, 5.74) is 1.83. The van der Waals surface area contributed by atoms with E-state index in [1.165, 1.54) is 0 Å². The third-order valence-electron chi connectivity index (χ3n) is 4.09. The fraction of sp³-hybridized carbons (Fsp3) is 0.467. The lowest BCUT2D eigenvalue weighted by Gasteiger charge is -2.17. The SMILES string of the molecule is COc1cc(C)c(C(=O)C2(C(=O)O)CC2)c(C)c1C. The molecule has 0 saturated heterocycles. The number of hydrogen-bond acceptors (Lipinski definition) is 3. The second kappa shape index (κ2) is 4.37. The summed E-state index contributed by atoms with van der Waals surface area (Å²) >= 11 is 0. The Labute approximate surface area is 112 Å². The Balaban J connectivity index is 2.55. The fourth-order valence-corrected chi connectivity index (χ4v) is 2.51. The summed E-state index contributed by atoms with van der Waals surface area (Å²) in [5, 5.41) is 9.24. The van der Waals surface area contributed by atoms with Gasteiger partial charge in [-0.15, -0.1) is 0 Å². The van der Waals surface area contributed by atoms with Crippen LogP contribution in [0.15, 0.2) is 6.07 Å². The van der Waals surface area contributed by atoms with Gasteiger partial charge in [0, 0.05) is 5.56 Å². The number of hydrogen-bond donors (Lipinski definition) is 1. The molecule has 1 N–H and O–H groups in total. The lowest BCUT2D eigenvalue weighted by molar-refractivity contribution is -0.141. The molecule has 2 rings (SSSR count). The zero-order valence-electron chi connectivity index (χ0n) is 11.7. The standard InChI is InChI=1S/C15H18O4/c1-8-7-11(19-4)9(2)10(3)12(8)13(16)15(5-6-15)14(17)18/h7H,5-6H2,1-4H3,(H,17,18). The van der Waals surface area contributed by atoms with Crippen LogP contribution in [0.1, 0.15) is 39.9 Å². The highest BCUT2D eigenvalue weighted by Crippen LogP contribution is 2.49. The zero-order valence-corrected chi connectivity index (χ0v) is 11.7. The third kappa shape index (κ3) is 1.91. The van der Waals surface area contributed by atoms with E-state index < -0.39 is 11.4 Å². The van der Waals surface area contributed by atoms with Crippen molar-refractivity contribution in [1.29, 1.82) is 0 Å². The number of ketones is 1. The quantitative estimate of drug-likeness (QED) is 0.669. The predicted molar refractivity (Wildman–Crippen MR) is 70.8 cm³/mol. The smallest absolute Gasteiger partial charge is 0.317 e. The van der Waals surface area contributed by atoms with Gasteiger partial charge in [-0.05, 0) is 56.4 Å². The molecule has 0 radical (unpaired) electrons. The normalized spacial score (nSPS) is 16.0. The number of Topliss-reactive ketones (excluding diaryl/α,β-unsaturated/α-hetero) is 1. The number of methoxy groups -OCH3 is 1. The summed E-state index contributed by atoms with van der Waals surface area (Å²) in [4.78, 5) is 23.8. The van der Waals surface area contributed by atoms with Crippen molar-refractivity contribution in [3.05, 3.63) is 28.3 Å². The fourth-order valence-electron chi connectivity index (χ4n) is 2.51. The summed E-state index contributed by atoms with van der Waals surface area (Å²) < 4.78 is 5.26. The minimum Gasteiger partial charge on any atom is -0.496 e. The maximum Gasteiger partial charge on any atom is 0.317 e. The molecule has 0 unspecified atom stereocenters. The van der Waals surface area contributed by atoms with Crippen LogP contribution < -0.4 is 4.74 Å².